The number of anilines is 1. The topological polar surface area (TPSA) is 203 Å². The zero-order chi connectivity index (χ0) is 30.1. The number of aromatic hydroxyl groups is 1. The van der Waals surface area contributed by atoms with Crippen molar-refractivity contribution >= 4 is 40.4 Å². The number of ketones is 4. The molecule has 0 bridgehead atoms. The van der Waals surface area contributed by atoms with Gasteiger partial charge in [0.2, 0.25) is 12.5 Å². The van der Waals surface area contributed by atoms with Crippen LogP contribution in [0.2, 0.25) is 0 Å². The van der Waals surface area contributed by atoms with Crippen molar-refractivity contribution in [3.8, 4) is 5.75 Å². The van der Waals surface area contributed by atoms with E-state index in [1.807, 2.05) is 0 Å². The molecule has 2 fully saturated rings. The molecule has 0 saturated heterocycles. The number of Topliss-reactive ketones (excluding diaryl/α,β-unsaturated/α-hetero) is 4. The van der Waals surface area contributed by atoms with Gasteiger partial charge in [0.15, 0.2) is 34.7 Å². The second-order valence-electron chi connectivity index (χ2n) is 10.6. The lowest BCUT2D eigenvalue weighted by molar-refractivity contribution is -0.181. The summed E-state index contributed by atoms with van der Waals surface area (Å²) < 4.78 is 37.6. The Kier molecular flexibility index (Phi) is 7.04. The zero-order valence-electron chi connectivity index (χ0n) is 21.6. The largest absolute Gasteiger partial charge is 0.505 e. The maximum absolute atomic E-state index is 13.8. The van der Waals surface area contributed by atoms with Gasteiger partial charge in [-0.25, -0.2) is 0 Å². The minimum Gasteiger partial charge on any atom is -0.505 e. The average Bonchev–Trinajstić information content (AvgIpc) is 2.82. The van der Waals surface area contributed by atoms with E-state index in [4.69, 9.17) is 11.5 Å². The van der Waals surface area contributed by atoms with Crippen LogP contribution in [0.15, 0.2) is 11.2 Å². The lowest BCUT2D eigenvalue weighted by atomic mass is 9.52. The van der Waals surface area contributed by atoms with Gasteiger partial charge < -0.3 is 26.5 Å². The predicted octanol–water partition coefficient (Wildman–Crippen LogP) is -0.248. The zero-order valence-corrected chi connectivity index (χ0v) is 21.6. The molecule has 4 rings (SSSR count). The molecule has 6 atom stereocenters. The first-order valence-corrected chi connectivity index (χ1v) is 12.2. The maximum atomic E-state index is 13.8. The van der Waals surface area contributed by atoms with Gasteiger partial charge >= 0.3 is 6.18 Å². The Morgan fingerprint density at radius 2 is 1.85 bits per heavy atom. The number of nitrogens with zero attached hydrogens (tertiary/aromatic N) is 2. The number of alkyl halides is 3. The van der Waals surface area contributed by atoms with E-state index in [9.17, 15) is 47.4 Å². The summed E-state index contributed by atoms with van der Waals surface area (Å²) in [5, 5.41) is 25.7. The standard InChI is InChI=1S/C25H27F3N4O8/c1-8(31-40-7-24(26,27)28)10-6-13(29)18(33)15-11(10)4-9-5-12-17(32(2)3)20(35)16(23(30)38)22(37)25(12,39)21(36)14(9)19(15)34/h6,9,12,14,16-17,33,39H,4-5,7,29H2,1-3H3,(H2,30,38)/t9-,12-,14?,16?,17+,25-/m0/s1. The van der Waals surface area contributed by atoms with Crippen LogP contribution in [-0.2, 0) is 30.4 Å². The van der Waals surface area contributed by atoms with E-state index in [1.54, 1.807) is 0 Å². The van der Waals surface area contributed by atoms with E-state index in [2.05, 4.69) is 9.99 Å². The second kappa shape index (κ2) is 9.66. The molecule has 0 heterocycles. The highest BCUT2D eigenvalue weighted by Crippen LogP contribution is 2.51. The summed E-state index contributed by atoms with van der Waals surface area (Å²) in [5.41, 5.74) is 7.60. The first-order chi connectivity index (χ1) is 18.4. The Bertz CT molecular complexity index is 1370. The van der Waals surface area contributed by atoms with Gasteiger partial charge in [-0.15, -0.1) is 0 Å². The number of fused-ring (bicyclic) bond motifs is 3. The van der Waals surface area contributed by atoms with Crippen molar-refractivity contribution in [3.63, 3.8) is 0 Å². The molecule has 2 unspecified atom stereocenters. The molecule has 3 aliphatic rings. The van der Waals surface area contributed by atoms with Crippen molar-refractivity contribution < 1.29 is 52.2 Å². The van der Waals surface area contributed by atoms with Crippen molar-refractivity contribution in [1.29, 1.82) is 0 Å². The summed E-state index contributed by atoms with van der Waals surface area (Å²) in [5.74, 6) is -12.5. The normalized spacial score (nSPS) is 30.6. The number of phenolic OH excluding ortho intramolecular Hbond substituents is 1. The van der Waals surface area contributed by atoms with Crippen LogP contribution < -0.4 is 11.5 Å². The molecule has 15 heteroatoms. The minimum atomic E-state index is -4.66. The van der Waals surface area contributed by atoms with Gasteiger partial charge in [-0.2, -0.15) is 13.2 Å². The summed E-state index contributed by atoms with van der Waals surface area (Å²) in [7, 11) is 2.91. The number of benzene rings is 1. The Morgan fingerprint density at radius 3 is 2.40 bits per heavy atom. The quantitative estimate of drug-likeness (QED) is 0.121. The predicted molar refractivity (Wildman–Crippen MR) is 130 cm³/mol. The molecule has 12 nitrogen and oxygen atoms in total. The fraction of sp³-hybridized carbons (Fsp3) is 0.520. The molecule has 0 aliphatic heterocycles. The summed E-state index contributed by atoms with van der Waals surface area (Å²) in [6.07, 6.45) is -4.98. The molecule has 6 N–H and O–H groups in total. The summed E-state index contributed by atoms with van der Waals surface area (Å²) in [4.78, 5) is 71.7. The van der Waals surface area contributed by atoms with E-state index < -0.39 is 88.5 Å². The Labute approximate surface area is 225 Å². The van der Waals surface area contributed by atoms with Gasteiger partial charge in [0.1, 0.15) is 5.75 Å². The number of carbonyl (C=O) groups excluding carboxylic acids is 5. The van der Waals surface area contributed by atoms with Gasteiger partial charge in [0.25, 0.3) is 0 Å². The number of halogens is 3. The number of phenols is 1. The fourth-order valence-electron chi connectivity index (χ4n) is 6.27. The van der Waals surface area contributed by atoms with E-state index in [0.29, 0.717) is 0 Å². The third-order valence-corrected chi connectivity index (χ3v) is 7.91. The highest BCUT2D eigenvalue weighted by atomic mass is 19.4. The number of primary amides is 1. The minimum absolute atomic E-state index is 0.0845. The molecule has 0 radical (unpaired) electrons. The first-order valence-electron chi connectivity index (χ1n) is 12.2. The lowest BCUT2D eigenvalue weighted by Crippen LogP contribution is -2.74. The van der Waals surface area contributed by atoms with Crippen molar-refractivity contribution in [2.75, 3.05) is 26.4 Å². The summed E-state index contributed by atoms with van der Waals surface area (Å²) >= 11 is 0. The molecule has 1 amide bonds. The van der Waals surface area contributed by atoms with Gasteiger partial charge in [-0.05, 0) is 51.4 Å². The number of amides is 1. The van der Waals surface area contributed by atoms with E-state index in [-0.39, 0.29) is 35.4 Å². The third kappa shape index (κ3) is 4.33. The van der Waals surface area contributed by atoms with Gasteiger partial charge in [0.05, 0.1) is 28.9 Å². The fourth-order valence-corrected chi connectivity index (χ4v) is 6.27. The number of likely N-dealkylation sites (N-methyl/N-ethyl adjacent to an activating group) is 1. The van der Waals surface area contributed by atoms with Crippen LogP contribution in [-0.4, -0.2) is 88.4 Å². The molecule has 216 valence electrons. The highest BCUT2D eigenvalue weighted by Gasteiger charge is 2.69. The summed E-state index contributed by atoms with van der Waals surface area (Å²) in [6.45, 7) is -0.382. The summed E-state index contributed by atoms with van der Waals surface area (Å²) in [6, 6.07) is -0.0771. The van der Waals surface area contributed by atoms with Crippen molar-refractivity contribution in [1.82, 2.24) is 4.90 Å². The van der Waals surface area contributed by atoms with Crippen LogP contribution in [0.3, 0.4) is 0 Å². The molecule has 0 aromatic heterocycles. The first kappa shape index (κ1) is 29.1. The maximum Gasteiger partial charge on any atom is 0.425 e. The number of hydrogen-bond acceptors (Lipinski definition) is 11. The van der Waals surface area contributed by atoms with Crippen LogP contribution in [0.1, 0.15) is 34.8 Å². The Balaban J connectivity index is 1.84. The smallest absolute Gasteiger partial charge is 0.425 e. The Hall–Kier alpha value is -3.85. The molecule has 0 spiro atoms. The van der Waals surface area contributed by atoms with Gasteiger partial charge in [-0.1, -0.05) is 5.16 Å². The number of oxime groups is 1. The highest BCUT2D eigenvalue weighted by molar-refractivity contribution is 6.32. The van der Waals surface area contributed by atoms with Crippen LogP contribution in [0.5, 0.6) is 5.75 Å². The number of aliphatic hydroxyl groups is 1. The number of rotatable bonds is 5. The number of carbonyl (C=O) groups is 5. The molecule has 2 saturated carbocycles. The SMILES string of the molecule is CC(=NOCC(F)(F)F)c1cc(N)c(O)c2c1C[C@H]1C[C@H]3[C@@H](N(C)C)C(=O)C(C(N)=O)C(=O)[C@@]3(O)C(=O)C1C2=O. The molecular weight excluding hydrogens is 541 g/mol. The van der Waals surface area contributed by atoms with Gasteiger partial charge in [-0.3, -0.25) is 28.9 Å². The molecular formula is C25H27F3N4O8. The van der Waals surface area contributed by atoms with Crippen molar-refractivity contribution in [3.05, 3.63) is 22.8 Å². The molecule has 3 aliphatic carbocycles. The number of nitrogens with two attached hydrogens (primary N) is 2. The molecule has 1 aromatic rings. The van der Waals surface area contributed by atoms with E-state index in [1.165, 1.54) is 32.0 Å². The molecule has 40 heavy (non-hydrogen) atoms. The average molecular weight is 569 g/mol. The monoisotopic (exact) mass is 568 g/mol. The van der Waals surface area contributed by atoms with Crippen LogP contribution in [0.25, 0.3) is 0 Å². The molecule has 1 aromatic carbocycles. The van der Waals surface area contributed by atoms with E-state index in [0.717, 1.165) is 0 Å². The number of nitrogen functional groups attached to an aromatic ring is 1. The number of hydrogen-bond donors (Lipinski definition) is 4. The van der Waals surface area contributed by atoms with Crippen molar-refractivity contribution in [2.24, 2.45) is 34.6 Å². The third-order valence-electron chi connectivity index (χ3n) is 7.91. The van der Waals surface area contributed by atoms with Crippen LogP contribution in [0.4, 0.5) is 18.9 Å². The van der Waals surface area contributed by atoms with Gasteiger partial charge in [0, 0.05) is 11.5 Å². The lowest BCUT2D eigenvalue weighted by Gasteiger charge is -2.52. The van der Waals surface area contributed by atoms with Crippen molar-refractivity contribution in [2.45, 2.75) is 37.6 Å². The second-order valence-corrected chi connectivity index (χ2v) is 10.6. The van der Waals surface area contributed by atoms with Crippen LogP contribution >= 0.6 is 0 Å². The van der Waals surface area contributed by atoms with E-state index >= 15 is 0 Å². The Morgan fingerprint density at radius 1 is 1.23 bits per heavy atom. The van der Waals surface area contributed by atoms with Crippen LogP contribution in [0, 0.1) is 23.7 Å².